The Morgan fingerprint density at radius 3 is 2.52 bits per heavy atom. The summed E-state index contributed by atoms with van der Waals surface area (Å²) in [5.41, 5.74) is 6.73. The van der Waals surface area contributed by atoms with Crippen LogP contribution >= 0.6 is 0 Å². The second-order valence-corrected chi connectivity index (χ2v) is 5.99. The van der Waals surface area contributed by atoms with Crippen LogP contribution in [-0.4, -0.2) is 28.5 Å². The van der Waals surface area contributed by atoms with Crippen molar-refractivity contribution in [1.29, 1.82) is 0 Å². The van der Waals surface area contributed by atoms with E-state index in [9.17, 15) is 4.79 Å². The molecule has 0 aliphatic rings. The van der Waals surface area contributed by atoms with Crippen molar-refractivity contribution in [1.82, 2.24) is 15.2 Å². The SMILES string of the molecule is CCOc1ccc(C(=O)N/N=C\c2c(C)nn(-c3ccccc3)c2C)cc1. The lowest BCUT2D eigenvalue weighted by atomic mass is 10.2. The number of nitrogens with zero attached hydrogens (tertiary/aromatic N) is 3. The van der Waals surface area contributed by atoms with Crippen LogP contribution in [0.2, 0.25) is 0 Å². The molecule has 0 aliphatic carbocycles. The smallest absolute Gasteiger partial charge is 0.271 e. The summed E-state index contributed by atoms with van der Waals surface area (Å²) in [6.07, 6.45) is 1.63. The van der Waals surface area contributed by atoms with E-state index in [1.165, 1.54) is 0 Å². The summed E-state index contributed by atoms with van der Waals surface area (Å²) in [6.45, 7) is 6.40. The highest BCUT2D eigenvalue weighted by Crippen LogP contribution is 2.16. The molecule has 6 nitrogen and oxygen atoms in total. The van der Waals surface area contributed by atoms with Gasteiger partial charge in [0, 0.05) is 11.1 Å². The number of para-hydroxylation sites is 1. The summed E-state index contributed by atoms with van der Waals surface area (Å²) < 4.78 is 7.24. The summed E-state index contributed by atoms with van der Waals surface area (Å²) in [5, 5.41) is 8.66. The first-order valence-electron chi connectivity index (χ1n) is 8.78. The lowest BCUT2D eigenvalue weighted by molar-refractivity contribution is 0.0955. The van der Waals surface area contributed by atoms with E-state index in [-0.39, 0.29) is 5.91 Å². The van der Waals surface area contributed by atoms with E-state index in [0.29, 0.717) is 12.2 Å². The number of ether oxygens (including phenoxy) is 1. The predicted molar refractivity (Wildman–Crippen MR) is 106 cm³/mol. The topological polar surface area (TPSA) is 68.5 Å². The summed E-state index contributed by atoms with van der Waals surface area (Å²) in [6, 6.07) is 16.8. The molecule has 0 unspecified atom stereocenters. The minimum Gasteiger partial charge on any atom is -0.494 e. The Bertz CT molecular complexity index is 944. The Hall–Kier alpha value is -3.41. The van der Waals surface area contributed by atoms with Gasteiger partial charge in [-0.1, -0.05) is 18.2 Å². The van der Waals surface area contributed by atoms with Gasteiger partial charge >= 0.3 is 0 Å². The number of aryl methyl sites for hydroxylation is 1. The monoisotopic (exact) mass is 362 g/mol. The van der Waals surface area contributed by atoms with Gasteiger partial charge in [0.1, 0.15) is 5.75 Å². The summed E-state index contributed by atoms with van der Waals surface area (Å²) in [4.78, 5) is 12.2. The lowest BCUT2D eigenvalue weighted by Gasteiger charge is -2.04. The fraction of sp³-hybridized carbons (Fsp3) is 0.190. The Labute approximate surface area is 158 Å². The van der Waals surface area contributed by atoms with E-state index in [1.807, 2.05) is 55.8 Å². The number of hydrogen-bond donors (Lipinski definition) is 1. The zero-order valence-electron chi connectivity index (χ0n) is 15.6. The second-order valence-electron chi connectivity index (χ2n) is 5.99. The highest BCUT2D eigenvalue weighted by Gasteiger charge is 2.11. The largest absolute Gasteiger partial charge is 0.494 e. The van der Waals surface area contributed by atoms with Crippen molar-refractivity contribution in [2.75, 3.05) is 6.61 Å². The van der Waals surface area contributed by atoms with Crippen molar-refractivity contribution >= 4 is 12.1 Å². The van der Waals surface area contributed by atoms with E-state index >= 15 is 0 Å². The van der Waals surface area contributed by atoms with Crippen LogP contribution in [0.1, 0.15) is 34.2 Å². The van der Waals surface area contributed by atoms with Gasteiger partial charge in [-0.05, 0) is 57.2 Å². The van der Waals surface area contributed by atoms with Crippen LogP contribution in [0.3, 0.4) is 0 Å². The van der Waals surface area contributed by atoms with Gasteiger partial charge < -0.3 is 4.74 Å². The average Bonchev–Trinajstić information content (AvgIpc) is 2.97. The summed E-state index contributed by atoms with van der Waals surface area (Å²) in [5.74, 6) is 0.456. The minimum atomic E-state index is -0.278. The maximum Gasteiger partial charge on any atom is 0.271 e. The second kappa shape index (κ2) is 8.31. The van der Waals surface area contributed by atoms with Gasteiger partial charge in [0.2, 0.25) is 0 Å². The third-order valence-electron chi connectivity index (χ3n) is 4.14. The van der Waals surface area contributed by atoms with Crippen LogP contribution < -0.4 is 10.2 Å². The number of amides is 1. The molecule has 0 saturated carbocycles. The first-order valence-corrected chi connectivity index (χ1v) is 8.78. The fourth-order valence-electron chi connectivity index (χ4n) is 2.75. The zero-order chi connectivity index (χ0) is 19.2. The van der Waals surface area contributed by atoms with Crippen LogP contribution in [0.25, 0.3) is 5.69 Å². The zero-order valence-corrected chi connectivity index (χ0v) is 15.6. The molecule has 3 rings (SSSR count). The fourth-order valence-corrected chi connectivity index (χ4v) is 2.75. The molecule has 138 valence electrons. The molecule has 0 atom stereocenters. The highest BCUT2D eigenvalue weighted by molar-refractivity contribution is 5.95. The molecule has 1 amide bonds. The van der Waals surface area contributed by atoms with Crippen LogP contribution in [0.5, 0.6) is 5.75 Å². The van der Waals surface area contributed by atoms with Gasteiger partial charge in [-0.15, -0.1) is 0 Å². The van der Waals surface area contributed by atoms with E-state index < -0.39 is 0 Å². The van der Waals surface area contributed by atoms with Crippen LogP contribution in [0.4, 0.5) is 0 Å². The quantitative estimate of drug-likeness (QED) is 0.537. The van der Waals surface area contributed by atoms with Crippen molar-refractivity contribution in [3.05, 3.63) is 77.1 Å². The van der Waals surface area contributed by atoms with Gasteiger partial charge in [-0.25, -0.2) is 10.1 Å². The van der Waals surface area contributed by atoms with Crippen LogP contribution in [0.15, 0.2) is 59.7 Å². The predicted octanol–water partition coefficient (Wildman–Crippen LogP) is 3.65. The molecule has 1 heterocycles. The number of carbonyl (C=O) groups is 1. The van der Waals surface area contributed by atoms with Gasteiger partial charge in [-0.3, -0.25) is 4.79 Å². The molecule has 0 fully saturated rings. The molecule has 6 heteroatoms. The van der Waals surface area contributed by atoms with E-state index in [2.05, 4.69) is 15.6 Å². The highest BCUT2D eigenvalue weighted by atomic mass is 16.5. The standard InChI is InChI=1S/C21H22N4O2/c1-4-27-19-12-10-17(11-13-19)21(26)23-22-14-20-15(2)24-25(16(20)3)18-8-6-5-7-9-18/h5-14H,4H2,1-3H3,(H,23,26)/b22-14-. The molecule has 0 radical (unpaired) electrons. The molecule has 1 N–H and O–H groups in total. The Morgan fingerprint density at radius 2 is 1.85 bits per heavy atom. The average molecular weight is 362 g/mol. The lowest BCUT2D eigenvalue weighted by Crippen LogP contribution is -2.17. The number of hydrazone groups is 1. The van der Waals surface area contributed by atoms with Crippen LogP contribution in [-0.2, 0) is 0 Å². The normalized spacial score (nSPS) is 10.9. The molecule has 0 saturated heterocycles. The van der Waals surface area contributed by atoms with E-state index in [4.69, 9.17) is 4.74 Å². The number of rotatable bonds is 6. The molecular weight excluding hydrogens is 340 g/mol. The minimum absolute atomic E-state index is 0.278. The third kappa shape index (κ3) is 4.23. The van der Waals surface area contributed by atoms with Gasteiger partial charge in [0.05, 0.1) is 29.9 Å². The number of carbonyl (C=O) groups excluding carboxylic acids is 1. The first kappa shape index (κ1) is 18.4. The van der Waals surface area contributed by atoms with E-state index in [1.54, 1.807) is 30.5 Å². The van der Waals surface area contributed by atoms with Crippen LogP contribution in [0, 0.1) is 13.8 Å². The molecule has 0 aliphatic heterocycles. The maximum absolute atomic E-state index is 12.2. The van der Waals surface area contributed by atoms with Gasteiger partial charge in [-0.2, -0.15) is 10.2 Å². The first-order chi connectivity index (χ1) is 13.1. The van der Waals surface area contributed by atoms with Crippen molar-refractivity contribution in [2.45, 2.75) is 20.8 Å². The molecule has 2 aromatic carbocycles. The molecule has 27 heavy (non-hydrogen) atoms. The van der Waals surface area contributed by atoms with Crippen molar-refractivity contribution in [2.24, 2.45) is 5.10 Å². The number of nitrogens with one attached hydrogen (secondary N) is 1. The Kier molecular flexibility index (Phi) is 5.66. The number of aromatic nitrogens is 2. The Balaban J connectivity index is 1.71. The molecular formula is C21H22N4O2. The van der Waals surface area contributed by atoms with Crippen molar-refractivity contribution < 1.29 is 9.53 Å². The van der Waals surface area contributed by atoms with Crippen molar-refractivity contribution in [3.8, 4) is 11.4 Å². The maximum atomic E-state index is 12.2. The van der Waals surface area contributed by atoms with Crippen molar-refractivity contribution in [3.63, 3.8) is 0 Å². The van der Waals surface area contributed by atoms with Gasteiger partial charge in [0.15, 0.2) is 0 Å². The molecule has 0 bridgehead atoms. The summed E-state index contributed by atoms with van der Waals surface area (Å²) >= 11 is 0. The summed E-state index contributed by atoms with van der Waals surface area (Å²) in [7, 11) is 0. The van der Waals surface area contributed by atoms with E-state index in [0.717, 1.165) is 28.4 Å². The number of benzene rings is 2. The molecule has 3 aromatic rings. The van der Waals surface area contributed by atoms with Gasteiger partial charge in [0.25, 0.3) is 5.91 Å². The number of hydrogen-bond acceptors (Lipinski definition) is 4. The Morgan fingerprint density at radius 1 is 1.15 bits per heavy atom. The molecule has 0 spiro atoms. The molecule has 1 aromatic heterocycles. The third-order valence-corrected chi connectivity index (χ3v) is 4.14.